The van der Waals surface area contributed by atoms with Crippen molar-refractivity contribution < 1.29 is 4.74 Å². The van der Waals surface area contributed by atoms with E-state index in [2.05, 4.69) is 22.2 Å². The number of hydrogen-bond donors (Lipinski definition) is 1. The third kappa shape index (κ3) is 4.02. The van der Waals surface area contributed by atoms with E-state index in [1.807, 2.05) is 39.1 Å². The predicted octanol–water partition coefficient (Wildman–Crippen LogP) is 3.48. The van der Waals surface area contributed by atoms with Crippen molar-refractivity contribution in [2.75, 3.05) is 0 Å². The highest BCUT2D eigenvalue weighted by Gasteiger charge is 2.11. The molecule has 0 bridgehead atoms. The van der Waals surface area contributed by atoms with Gasteiger partial charge >= 0.3 is 0 Å². The molecule has 20 heavy (non-hydrogen) atoms. The van der Waals surface area contributed by atoms with Crippen LogP contribution in [0.4, 0.5) is 0 Å². The van der Waals surface area contributed by atoms with Gasteiger partial charge in [0.05, 0.1) is 11.1 Å². The molecular formula is C15H21N3OS. The van der Waals surface area contributed by atoms with Gasteiger partial charge in [0.25, 0.3) is 0 Å². The summed E-state index contributed by atoms with van der Waals surface area (Å²) < 4.78 is 5.73. The average Bonchev–Trinajstić information content (AvgIpc) is 2.83. The molecule has 0 aliphatic rings. The maximum Gasteiger partial charge on any atom is 0.218 e. The Kier molecular flexibility index (Phi) is 5.09. The molecule has 1 N–H and O–H groups in total. The maximum atomic E-state index is 5.73. The quantitative estimate of drug-likeness (QED) is 0.885. The third-order valence-electron chi connectivity index (χ3n) is 2.86. The van der Waals surface area contributed by atoms with E-state index in [0.29, 0.717) is 5.88 Å². The van der Waals surface area contributed by atoms with Crippen molar-refractivity contribution in [3.8, 4) is 5.88 Å². The van der Waals surface area contributed by atoms with Crippen molar-refractivity contribution >= 4 is 11.3 Å². The van der Waals surface area contributed by atoms with Crippen LogP contribution in [0.5, 0.6) is 5.88 Å². The second-order valence-corrected chi connectivity index (χ2v) is 6.28. The summed E-state index contributed by atoms with van der Waals surface area (Å²) in [7, 11) is 0. The first kappa shape index (κ1) is 14.9. The minimum absolute atomic E-state index is 0.130. The summed E-state index contributed by atoms with van der Waals surface area (Å²) >= 11 is 1.73. The number of pyridine rings is 1. The van der Waals surface area contributed by atoms with E-state index in [1.54, 1.807) is 17.5 Å². The standard InChI is InChI=1S/C15H21N3OS/c1-10(2)19-15-13(6-5-7-16-15)8-17-11(3)14-9-18-12(4)20-14/h5-7,9-11,17H,8H2,1-4H3/t11-/m0/s1. The summed E-state index contributed by atoms with van der Waals surface area (Å²) in [6.07, 6.45) is 3.83. The monoisotopic (exact) mass is 291 g/mol. The lowest BCUT2D eigenvalue weighted by atomic mass is 10.2. The first-order valence-electron chi connectivity index (χ1n) is 6.82. The van der Waals surface area contributed by atoms with Crippen molar-refractivity contribution in [3.63, 3.8) is 0 Å². The largest absolute Gasteiger partial charge is 0.475 e. The summed E-state index contributed by atoms with van der Waals surface area (Å²) in [6, 6.07) is 4.25. The lowest BCUT2D eigenvalue weighted by Crippen LogP contribution is -2.19. The highest BCUT2D eigenvalue weighted by Crippen LogP contribution is 2.21. The Morgan fingerprint density at radius 1 is 1.30 bits per heavy atom. The normalized spacial score (nSPS) is 12.7. The van der Waals surface area contributed by atoms with Gasteiger partial charge in [0, 0.05) is 35.4 Å². The second kappa shape index (κ2) is 6.81. The predicted molar refractivity (Wildman–Crippen MR) is 82.1 cm³/mol. The van der Waals surface area contributed by atoms with Crippen LogP contribution in [0.3, 0.4) is 0 Å². The molecule has 0 unspecified atom stereocenters. The van der Waals surface area contributed by atoms with Crippen LogP contribution in [0.2, 0.25) is 0 Å². The van der Waals surface area contributed by atoms with Gasteiger partial charge in [-0.05, 0) is 33.8 Å². The fourth-order valence-electron chi connectivity index (χ4n) is 1.83. The Balaban J connectivity index is 2.00. The van der Waals surface area contributed by atoms with Gasteiger partial charge < -0.3 is 10.1 Å². The molecule has 1 atom stereocenters. The molecule has 0 saturated heterocycles. The fourth-order valence-corrected chi connectivity index (χ4v) is 2.64. The van der Waals surface area contributed by atoms with Gasteiger partial charge in [-0.25, -0.2) is 9.97 Å². The van der Waals surface area contributed by atoms with Gasteiger partial charge in [0.15, 0.2) is 0 Å². The third-order valence-corrected chi connectivity index (χ3v) is 3.96. The number of aryl methyl sites for hydroxylation is 1. The summed E-state index contributed by atoms with van der Waals surface area (Å²) in [6.45, 7) is 8.92. The van der Waals surface area contributed by atoms with Gasteiger partial charge in [0.1, 0.15) is 0 Å². The molecule has 0 aliphatic carbocycles. The number of ether oxygens (including phenoxy) is 1. The summed E-state index contributed by atoms with van der Waals surface area (Å²) in [4.78, 5) is 9.84. The number of nitrogens with zero attached hydrogens (tertiary/aromatic N) is 2. The SMILES string of the molecule is Cc1ncc([C@H](C)NCc2cccnc2OC(C)C)s1. The fraction of sp³-hybridized carbons (Fsp3) is 0.467. The number of aromatic nitrogens is 2. The van der Waals surface area contributed by atoms with Gasteiger partial charge in [-0.3, -0.25) is 0 Å². The van der Waals surface area contributed by atoms with E-state index in [9.17, 15) is 0 Å². The Bertz CT molecular complexity index is 554. The molecule has 0 saturated carbocycles. The molecule has 108 valence electrons. The molecule has 0 amide bonds. The van der Waals surface area contributed by atoms with Gasteiger partial charge in [-0.2, -0.15) is 0 Å². The zero-order valence-corrected chi connectivity index (χ0v) is 13.2. The van der Waals surface area contributed by atoms with Crippen LogP contribution in [0, 0.1) is 6.92 Å². The molecular weight excluding hydrogens is 270 g/mol. The first-order valence-corrected chi connectivity index (χ1v) is 7.64. The number of hydrogen-bond acceptors (Lipinski definition) is 5. The van der Waals surface area contributed by atoms with Crippen LogP contribution in [-0.2, 0) is 6.54 Å². The van der Waals surface area contributed by atoms with Crippen molar-refractivity contribution in [1.29, 1.82) is 0 Å². The van der Waals surface area contributed by atoms with Crippen LogP contribution in [0.15, 0.2) is 24.5 Å². The molecule has 0 radical (unpaired) electrons. The number of nitrogens with one attached hydrogen (secondary N) is 1. The lowest BCUT2D eigenvalue weighted by molar-refractivity contribution is 0.229. The Labute approximate surface area is 124 Å². The van der Waals surface area contributed by atoms with Gasteiger partial charge in [0.2, 0.25) is 5.88 Å². The highest BCUT2D eigenvalue weighted by atomic mass is 32.1. The van der Waals surface area contributed by atoms with E-state index in [4.69, 9.17) is 4.74 Å². The smallest absolute Gasteiger partial charge is 0.218 e. The van der Waals surface area contributed by atoms with E-state index < -0.39 is 0 Å². The van der Waals surface area contributed by atoms with E-state index in [0.717, 1.165) is 17.1 Å². The Morgan fingerprint density at radius 3 is 2.75 bits per heavy atom. The summed E-state index contributed by atoms with van der Waals surface area (Å²) in [5, 5.41) is 4.59. The lowest BCUT2D eigenvalue weighted by Gasteiger charge is -2.15. The van der Waals surface area contributed by atoms with E-state index in [1.165, 1.54) is 4.88 Å². The molecule has 2 aromatic rings. The van der Waals surface area contributed by atoms with Crippen LogP contribution in [0.1, 0.15) is 42.3 Å². The zero-order valence-electron chi connectivity index (χ0n) is 12.4. The molecule has 2 heterocycles. The van der Waals surface area contributed by atoms with Crippen LogP contribution < -0.4 is 10.1 Å². The van der Waals surface area contributed by atoms with Crippen LogP contribution >= 0.6 is 11.3 Å². The van der Waals surface area contributed by atoms with E-state index >= 15 is 0 Å². The minimum Gasteiger partial charge on any atom is -0.475 e. The van der Waals surface area contributed by atoms with Crippen molar-refractivity contribution in [2.45, 2.75) is 46.4 Å². The Hall–Kier alpha value is -1.46. The molecule has 0 aromatic carbocycles. The average molecular weight is 291 g/mol. The summed E-state index contributed by atoms with van der Waals surface area (Å²) in [5.74, 6) is 0.711. The molecule has 0 aliphatic heterocycles. The first-order chi connectivity index (χ1) is 9.56. The molecule has 5 heteroatoms. The van der Waals surface area contributed by atoms with Gasteiger partial charge in [-0.15, -0.1) is 11.3 Å². The topological polar surface area (TPSA) is 47.0 Å². The molecule has 0 spiro atoms. The zero-order chi connectivity index (χ0) is 14.5. The van der Waals surface area contributed by atoms with Crippen molar-refractivity contribution in [2.24, 2.45) is 0 Å². The minimum atomic E-state index is 0.130. The Morgan fingerprint density at radius 2 is 2.10 bits per heavy atom. The highest BCUT2D eigenvalue weighted by molar-refractivity contribution is 7.11. The number of thiazole rings is 1. The van der Waals surface area contributed by atoms with Crippen molar-refractivity contribution in [1.82, 2.24) is 15.3 Å². The van der Waals surface area contributed by atoms with Crippen molar-refractivity contribution in [3.05, 3.63) is 40.0 Å². The number of rotatable bonds is 6. The molecule has 0 fully saturated rings. The van der Waals surface area contributed by atoms with E-state index in [-0.39, 0.29) is 12.1 Å². The summed E-state index contributed by atoms with van der Waals surface area (Å²) in [5.41, 5.74) is 1.08. The molecule has 2 rings (SSSR count). The maximum absolute atomic E-state index is 5.73. The molecule has 4 nitrogen and oxygen atoms in total. The van der Waals surface area contributed by atoms with Gasteiger partial charge in [-0.1, -0.05) is 6.07 Å². The molecule has 2 aromatic heterocycles. The second-order valence-electron chi connectivity index (χ2n) is 5.02. The van der Waals surface area contributed by atoms with Crippen LogP contribution in [-0.4, -0.2) is 16.1 Å². The van der Waals surface area contributed by atoms with Crippen LogP contribution in [0.25, 0.3) is 0 Å².